The van der Waals surface area contributed by atoms with E-state index in [0.29, 0.717) is 0 Å². The lowest BCUT2D eigenvalue weighted by Crippen LogP contribution is -3.00. The first-order valence-electron chi connectivity index (χ1n) is 7.30. The van der Waals surface area contributed by atoms with E-state index in [4.69, 9.17) is 5.11 Å². The van der Waals surface area contributed by atoms with Crippen LogP contribution in [0.5, 0.6) is 0 Å². The van der Waals surface area contributed by atoms with E-state index in [1.807, 2.05) is 0 Å². The fourth-order valence-electron chi connectivity index (χ4n) is 2.57. The fourth-order valence-corrected chi connectivity index (χ4v) is 5.37. The second-order valence-electron chi connectivity index (χ2n) is 5.40. The van der Waals surface area contributed by atoms with Gasteiger partial charge in [0.15, 0.2) is 0 Å². The number of aliphatic hydroxyl groups excluding tert-OH is 3. The Bertz CT molecular complexity index is 219. The van der Waals surface area contributed by atoms with Crippen molar-refractivity contribution in [3.8, 4) is 0 Å². The standard InChI is InChI=1S/C14H29O3S.ClH/c1-2-3-4-5-6-7-8-18-10-12(13(16)9-15)14(17)11-18;/h12-17H,2-11H2,1H3;1H/q+1;/p-1/t12-,13-,14-,18?;/m1./s1. The number of halogens is 1. The molecule has 19 heavy (non-hydrogen) atoms. The van der Waals surface area contributed by atoms with Gasteiger partial charge in [0.05, 0.1) is 18.6 Å². The van der Waals surface area contributed by atoms with Gasteiger partial charge in [0, 0.05) is 0 Å². The van der Waals surface area contributed by atoms with Crippen LogP contribution in [0, 0.1) is 5.92 Å². The Morgan fingerprint density at radius 3 is 2.37 bits per heavy atom. The first kappa shape index (κ1) is 19.5. The van der Waals surface area contributed by atoms with Gasteiger partial charge in [-0.3, -0.25) is 0 Å². The second-order valence-corrected chi connectivity index (χ2v) is 7.70. The summed E-state index contributed by atoms with van der Waals surface area (Å²) in [5.74, 6) is 2.82. The van der Waals surface area contributed by atoms with Gasteiger partial charge in [0.25, 0.3) is 0 Å². The second kappa shape index (κ2) is 11.2. The molecule has 0 aromatic heterocycles. The van der Waals surface area contributed by atoms with Gasteiger partial charge in [-0.2, -0.15) is 0 Å². The van der Waals surface area contributed by atoms with E-state index in [0.717, 1.165) is 11.5 Å². The quantitative estimate of drug-likeness (QED) is 0.352. The maximum Gasteiger partial charge on any atom is 0.134 e. The molecule has 116 valence electrons. The van der Waals surface area contributed by atoms with Gasteiger partial charge < -0.3 is 27.7 Å². The van der Waals surface area contributed by atoms with Gasteiger partial charge in [0.1, 0.15) is 23.4 Å². The highest BCUT2D eigenvalue weighted by molar-refractivity contribution is 7.97. The van der Waals surface area contributed by atoms with Gasteiger partial charge in [0.2, 0.25) is 0 Å². The average molecular weight is 313 g/mol. The summed E-state index contributed by atoms with van der Waals surface area (Å²) in [6.07, 6.45) is 6.72. The highest BCUT2D eigenvalue weighted by Crippen LogP contribution is 2.25. The summed E-state index contributed by atoms with van der Waals surface area (Å²) in [4.78, 5) is 0. The minimum Gasteiger partial charge on any atom is -1.00 e. The predicted molar refractivity (Wildman–Crippen MR) is 77.9 cm³/mol. The molecule has 3 N–H and O–H groups in total. The number of hydrogen-bond donors (Lipinski definition) is 3. The van der Waals surface area contributed by atoms with Crippen LogP contribution in [-0.4, -0.2) is 51.4 Å². The van der Waals surface area contributed by atoms with Crippen molar-refractivity contribution in [3.63, 3.8) is 0 Å². The van der Waals surface area contributed by atoms with Crippen LogP contribution in [0.2, 0.25) is 0 Å². The van der Waals surface area contributed by atoms with Gasteiger partial charge in [-0.1, -0.05) is 32.6 Å². The third-order valence-electron chi connectivity index (χ3n) is 3.80. The first-order chi connectivity index (χ1) is 8.69. The first-order valence-corrected chi connectivity index (χ1v) is 9.03. The fraction of sp³-hybridized carbons (Fsp3) is 1.00. The van der Waals surface area contributed by atoms with Crippen molar-refractivity contribution in [3.05, 3.63) is 0 Å². The number of unbranched alkanes of at least 4 members (excludes halogenated alkanes) is 5. The van der Waals surface area contributed by atoms with Gasteiger partial charge in [-0.15, -0.1) is 0 Å². The summed E-state index contributed by atoms with van der Waals surface area (Å²) in [6, 6.07) is 0. The Hall–Kier alpha value is 0.520. The Labute approximate surface area is 126 Å². The van der Waals surface area contributed by atoms with Gasteiger partial charge in [-0.25, -0.2) is 0 Å². The van der Waals surface area contributed by atoms with Crippen molar-refractivity contribution in [1.82, 2.24) is 0 Å². The Morgan fingerprint density at radius 2 is 1.74 bits per heavy atom. The molecule has 3 nitrogen and oxygen atoms in total. The smallest absolute Gasteiger partial charge is 0.134 e. The Kier molecular flexibility index (Phi) is 11.5. The zero-order valence-corrected chi connectivity index (χ0v) is 13.5. The molecule has 1 aliphatic heterocycles. The van der Waals surface area contributed by atoms with Crippen molar-refractivity contribution in [2.45, 2.75) is 57.7 Å². The summed E-state index contributed by atoms with van der Waals surface area (Å²) in [6.45, 7) is 2.00. The van der Waals surface area contributed by atoms with Crippen LogP contribution in [0.3, 0.4) is 0 Å². The molecular formula is C14H29ClO3S. The molecule has 0 bridgehead atoms. The van der Waals surface area contributed by atoms with Crippen LogP contribution in [0.4, 0.5) is 0 Å². The molecule has 5 heteroatoms. The molecule has 1 rings (SSSR count). The predicted octanol–water partition coefficient (Wildman–Crippen LogP) is -1.69. The van der Waals surface area contributed by atoms with Crippen molar-refractivity contribution in [2.24, 2.45) is 5.92 Å². The van der Waals surface area contributed by atoms with E-state index in [2.05, 4.69) is 6.92 Å². The normalized spacial score (nSPS) is 28.1. The lowest BCUT2D eigenvalue weighted by Gasteiger charge is -2.15. The Balaban J connectivity index is 0.00000324. The van der Waals surface area contributed by atoms with Crippen molar-refractivity contribution >= 4 is 10.9 Å². The SMILES string of the molecule is CCCCCCCC[S+]1C[C@H]([C@H](O)CO)[C@H](O)C1.[Cl-]. The van der Waals surface area contributed by atoms with Crippen LogP contribution in [0.15, 0.2) is 0 Å². The van der Waals surface area contributed by atoms with Crippen LogP contribution >= 0.6 is 0 Å². The van der Waals surface area contributed by atoms with Crippen LogP contribution in [0.1, 0.15) is 45.4 Å². The summed E-state index contributed by atoms with van der Waals surface area (Å²) < 4.78 is 0. The van der Waals surface area contributed by atoms with Crippen LogP contribution in [-0.2, 0) is 10.9 Å². The topological polar surface area (TPSA) is 60.7 Å². The van der Waals surface area contributed by atoms with Crippen molar-refractivity contribution < 1.29 is 27.7 Å². The van der Waals surface area contributed by atoms with Crippen LogP contribution in [0.25, 0.3) is 0 Å². The maximum atomic E-state index is 9.87. The van der Waals surface area contributed by atoms with E-state index >= 15 is 0 Å². The van der Waals surface area contributed by atoms with Crippen LogP contribution < -0.4 is 12.4 Å². The lowest BCUT2D eigenvalue weighted by molar-refractivity contribution is -0.0000323. The van der Waals surface area contributed by atoms with Gasteiger partial charge >= 0.3 is 0 Å². The molecule has 0 aliphatic carbocycles. The van der Waals surface area contributed by atoms with Gasteiger partial charge in [-0.05, 0) is 23.7 Å². The molecule has 0 spiro atoms. The summed E-state index contributed by atoms with van der Waals surface area (Å²) >= 11 is 0. The number of hydrogen-bond acceptors (Lipinski definition) is 3. The average Bonchev–Trinajstić information content (AvgIpc) is 2.74. The highest BCUT2D eigenvalue weighted by atomic mass is 35.5. The van der Waals surface area contributed by atoms with E-state index < -0.39 is 12.2 Å². The largest absolute Gasteiger partial charge is 1.00 e. The molecule has 1 heterocycles. The zero-order valence-electron chi connectivity index (χ0n) is 11.9. The molecule has 0 aromatic rings. The molecule has 4 atom stereocenters. The lowest BCUT2D eigenvalue weighted by atomic mass is 10.0. The number of rotatable bonds is 9. The monoisotopic (exact) mass is 312 g/mol. The number of aliphatic hydroxyl groups is 3. The van der Waals surface area contributed by atoms with Crippen molar-refractivity contribution in [1.29, 1.82) is 0 Å². The summed E-state index contributed by atoms with van der Waals surface area (Å²) in [7, 11) is 0.262. The van der Waals surface area contributed by atoms with E-state index in [9.17, 15) is 10.2 Å². The molecule has 0 amide bonds. The third kappa shape index (κ3) is 7.19. The zero-order chi connectivity index (χ0) is 13.4. The molecule has 1 fully saturated rings. The molecule has 0 saturated carbocycles. The third-order valence-corrected chi connectivity index (χ3v) is 6.33. The minimum absolute atomic E-state index is 0. The molecule has 0 radical (unpaired) electrons. The Morgan fingerprint density at radius 1 is 1.11 bits per heavy atom. The molecular weight excluding hydrogens is 284 g/mol. The highest BCUT2D eigenvalue weighted by Gasteiger charge is 2.43. The van der Waals surface area contributed by atoms with E-state index in [-0.39, 0.29) is 35.8 Å². The minimum atomic E-state index is -0.734. The van der Waals surface area contributed by atoms with Crippen molar-refractivity contribution in [2.75, 3.05) is 23.9 Å². The molecule has 1 aliphatic rings. The summed E-state index contributed by atoms with van der Waals surface area (Å²) in [5.41, 5.74) is 0. The molecule has 1 unspecified atom stereocenters. The van der Waals surface area contributed by atoms with E-state index in [1.54, 1.807) is 0 Å². The summed E-state index contributed by atoms with van der Waals surface area (Å²) in [5, 5.41) is 28.4. The molecule has 1 saturated heterocycles. The van der Waals surface area contributed by atoms with E-state index in [1.165, 1.54) is 44.3 Å². The maximum absolute atomic E-state index is 9.87. The molecule has 0 aromatic carbocycles.